The van der Waals surface area contributed by atoms with Crippen LogP contribution in [0, 0.1) is 0 Å². The minimum Gasteiger partial charge on any atom is -0.248 e. The van der Waals surface area contributed by atoms with Crippen LogP contribution in [0.4, 0.5) is 0 Å². The van der Waals surface area contributed by atoms with Gasteiger partial charge < -0.3 is 0 Å². The summed E-state index contributed by atoms with van der Waals surface area (Å²) in [7, 11) is 0. The zero-order valence-corrected chi connectivity index (χ0v) is 16.7. The lowest BCUT2D eigenvalue weighted by Crippen LogP contribution is -2.10. The van der Waals surface area contributed by atoms with Crippen molar-refractivity contribution in [1.29, 1.82) is 0 Å². The molecule has 0 atom stereocenters. The summed E-state index contributed by atoms with van der Waals surface area (Å²) in [5, 5.41) is 0. The number of aromatic nitrogens is 1. The Balaban J connectivity index is 1.97. The van der Waals surface area contributed by atoms with E-state index in [1.807, 2.05) is 12.1 Å². The molecule has 0 unspecified atom stereocenters. The van der Waals surface area contributed by atoms with Gasteiger partial charge in [0.25, 0.3) is 0 Å². The monoisotopic (exact) mass is 344 g/mol. The predicted molar refractivity (Wildman–Crippen MR) is 113 cm³/mol. The molecule has 1 aromatic heterocycles. The van der Waals surface area contributed by atoms with Gasteiger partial charge in [-0.1, -0.05) is 96.1 Å². The molecule has 1 heteroatoms. The van der Waals surface area contributed by atoms with Crippen LogP contribution in [-0.2, 0) is 10.8 Å². The van der Waals surface area contributed by atoms with Crippen LogP contribution >= 0.6 is 0 Å². The van der Waals surface area contributed by atoms with E-state index in [9.17, 15) is 0 Å². The molecule has 0 aliphatic carbocycles. The molecule has 134 valence electrons. The van der Waals surface area contributed by atoms with E-state index in [1.54, 1.807) is 0 Å². The third-order valence-corrected chi connectivity index (χ3v) is 4.76. The third-order valence-electron chi connectivity index (χ3n) is 4.76. The second-order valence-electron chi connectivity index (χ2n) is 8.98. The predicted octanol–water partition coefficient (Wildman–Crippen LogP) is 7.01. The van der Waals surface area contributed by atoms with Crippen molar-refractivity contribution in [3.63, 3.8) is 0 Å². The van der Waals surface area contributed by atoms with Crippen molar-refractivity contribution in [1.82, 2.24) is 4.98 Å². The van der Waals surface area contributed by atoms with E-state index in [0.29, 0.717) is 6.04 Å². The summed E-state index contributed by atoms with van der Waals surface area (Å²) in [6.45, 7) is 13.3. The summed E-state index contributed by atoms with van der Waals surface area (Å²) >= 11 is 0. The standard InChI is InChI=1S/C25H29N/c1-24(2,3)20-14-10-18(11-15-20)22-8-7-9-23(26-22)19-12-16-21(17-13-19)25(4,5)6/h7-17H,1-6H3/i8D. The molecule has 0 aliphatic heterocycles. The highest BCUT2D eigenvalue weighted by molar-refractivity contribution is 5.66. The molecule has 0 bridgehead atoms. The molecule has 26 heavy (non-hydrogen) atoms. The fraction of sp³-hybridized carbons (Fsp3) is 0.320. The van der Waals surface area contributed by atoms with Gasteiger partial charge in [0.2, 0.25) is 0 Å². The van der Waals surface area contributed by atoms with Crippen LogP contribution in [0.2, 0.25) is 0 Å². The van der Waals surface area contributed by atoms with E-state index >= 15 is 0 Å². The molecule has 1 nitrogen and oxygen atoms in total. The van der Waals surface area contributed by atoms with Gasteiger partial charge in [-0.25, -0.2) is 4.98 Å². The van der Waals surface area contributed by atoms with Crippen molar-refractivity contribution in [2.45, 2.75) is 52.4 Å². The molecule has 0 fully saturated rings. The molecule has 0 amide bonds. The largest absolute Gasteiger partial charge is 0.248 e. The smallest absolute Gasteiger partial charge is 0.0709 e. The second kappa shape index (κ2) is 6.72. The average Bonchev–Trinajstić information content (AvgIpc) is 2.61. The highest BCUT2D eigenvalue weighted by Gasteiger charge is 2.14. The maximum atomic E-state index is 8.30. The van der Waals surface area contributed by atoms with Gasteiger partial charge in [0.05, 0.1) is 12.8 Å². The summed E-state index contributed by atoms with van der Waals surface area (Å²) in [5.74, 6) is 0. The van der Waals surface area contributed by atoms with Crippen molar-refractivity contribution in [3.8, 4) is 22.5 Å². The molecule has 1 heterocycles. The third kappa shape index (κ3) is 4.04. The fourth-order valence-electron chi connectivity index (χ4n) is 2.97. The first kappa shape index (κ1) is 17.0. The number of nitrogens with zero attached hydrogens (tertiary/aromatic N) is 1. The maximum Gasteiger partial charge on any atom is 0.0709 e. The number of hydrogen-bond donors (Lipinski definition) is 0. The molecule has 0 spiro atoms. The van der Waals surface area contributed by atoms with E-state index in [1.165, 1.54) is 11.1 Å². The van der Waals surface area contributed by atoms with E-state index in [-0.39, 0.29) is 10.8 Å². The lowest BCUT2D eigenvalue weighted by Gasteiger charge is -2.19. The number of rotatable bonds is 2. The van der Waals surface area contributed by atoms with E-state index < -0.39 is 0 Å². The van der Waals surface area contributed by atoms with Crippen LogP contribution < -0.4 is 0 Å². The number of pyridine rings is 1. The average molecular weight is 345 g/mol. The maximum absolute atomic E-state index is 8.30. The van der Waals surface area contributed by atoms with Crippen LogP contribution in [-0.4, -0.2) is 4.98 Å². The Hall–Kier alpha value is -2.41. The Labute approximate surface area is 159 Å². The van der Waals surface area contributed by atoms with Crippen LogP contribution in [0.1, 0.15) is 54.0 Å². The molecule has 0 saturated carbocycles. The van der Waals surface area contributed by atoms with Gasteiger partial charge in [-0.2, -0.15) is 0 Å². The molecular formula is C25H29N. The summed E-state index contributed by atoms with van der Waals surface area (Å²) in [6, 6.07) is 21.2. The lowest BCUT2D eigenvalue weighted by molar-refractivity contribution is 0.590. The van der Waals surface area contributed by atoms with Crippen molar-refractivity contribution in [2.75, 3.05) is 0 Å². The van der Waals surface area contributed by atoms with Crippen LogP contribution in [0.5, 0.6) is 0 Å². The molecule has 0 N–H and O–H groups in total. The molecule has 3 rings (SSSR count). The van der Waals surface area contributed by atoms with Crippen molar-refractivity contribution >= 4 is 0 Å². The van der Waals surface area contributed by atoms with E-state index in [2.05, 4.69) is 90.1 Å². The molecule has 2 aromatic carbocycles. The van der Waals surface area contributed by atoms with Gasteiger partial charge in [-0.05, 0) is 34.1 Å². The van der Waals surface area contributed by atoms with Gasteiger partial charge >= 0.3 is 0 Å². The van der Waals surface area contributed by atoms with E-state index in [4.69, 9.17) is 6.35 Å². The SMILES string of the molecule is [2H]c1ccc(-c2ccc(C(C)(C)C)cc2)nc1-c1ccc(C(C)(C)C)cc1. The Bertz CT molecular complexity index is 924. The van der Waals surface area contributed by atoms with Gasteiger partial charge in [0.1, 0.15) is 0 Å². The Morgan fingerprint density at radius 3 is 1.46 bits per heavy atom. The number of hydrogen-bond acceptors (Lipinski definition) is 1. The molecular weight excluding hydrogens is 314 g/mol. The van der Waals surface area contributed by atoms with Gasteiger partial charge in [-0.3, -0.25) is 0 Å². The molecule has 0 saturated heterocycles. The van der Waals surface area contributed by atoms with Crippen LogP contribution in [0.25, 0.3) is 22.5 Å². The van der Waals surface area contributed by atoms with Gasteiger partial charge in [0, 0.05) is 11.1 Å². The number of benzene rings is 2. The molecule has 3 aromatic rings. The summed E-state index contributed by atoms with van der Waals surface area (Å²) in [5.41, 5.74) is 6.54. The summed E-state index contributed by atoms with van der Waals surface area (Å²) in [4.78, 5) is 4.81. The van der Waals surface area contributed by atoms with Crippen molar-refractivity contribution in [2.24, 2.45) is 0 Å². The topological polar surface area (TPSA) is 12.9 Å². The quantitative estimate of drug-likeness (QED) is 0.487. The van der Waals surface area contributed by atoms with Crippen LogP contribution in [0.15, 0.2) is 66.7 Å². The van der Waals surface area contributed by atoms with Crippen molar-refractivity contribution < 1.29 is 1.37 Å². The molecule has 0 radical (unpaired) electrons. The fourth-order valence-corrected chi connectivity index (χ4v) is 2.97. The minimum absolute atomic E-state index is 0.117. The zero-order valence-electron chi connectivity index (χ0n) is 17.7. The van der Waals surface area contributed by atoms with Crippen LogP contribution in [0.3, 0.4) is 0 Å². The molecule has 0 aliphatic rings. The van der Waals surface area contributed by atoms with Gasteiger partial charge in [0.15, 0.2) is 0 Å². The highest BCUT2D eigenvalue weighted by atomic mass is 14.7. The first-order valence-electron chi connectivity index (χ1n) is 9.75. The Kier molecular flexibility index (Phi) is 4.40. The first-order valence-corrected chi connectivity index (χ1v) is 9.25. The Morgan fingerprint density at radius 2 is 1.04 bits per heavy atom. The normalized spacial score (nSPS) is 12.8. The van der Waals surface area contributed by atoms with E-state index in [0.717, 1.165) is 22.5 Å². The zero-order chi connectivity index (χ0) is 19.8. The second-order valence-corrected chi connectivity index (χ2v) is 8.98. The highest BCUT2D eigenvalue weighted by Crippen LogP contribution is 2.28. The minimum atomic E-state index is 0.117. The van der Waals surface area contributed by atoms with Crippen molar-refractivity contribution in [3.05, 3.63) is 77.8 Å². The Morgan fingerprint density at radius 1 is 0.615 bits per heavy atom. The summed E-state index contributed by atoms with van der Waals surface area (Å²) in [6.07, 6.45) is 0. The van der Waals surface area contributed by atoms with Gasteiger partial charge in [-0.15, -0.1) is 0 Å². The summed E-state index contributed by atoms with van der Waals surface area (Å²) < 4.78 is 8.30. The first-order chi connectivity index (χ1) is 12.6. The lowest BCUT2D eigenvalue weighted by atomic mass is 9.86.